The molecular formula is C11H15N3O5. The van der Waals surface area contributed by atoms with Gasteiger partial charge in [0, 0.05) is 18.2 Å². The van der Waals surface area contributed by atoms with Crippen molar-refractivity contribution < 1.29 is 14.6 Å². The van der Waals surface area contributed by atoms with Crippen LogP contribution in [-0.4, -0.2) is 32.8 Å². The summed E-state index contributed by atoms with van der Waals surface area (Å²) in [4.78, 5) is 35.9. The first kappa shape index (κ1) is 13.5. The number of primary amides is 1. The third-order valence-electron chi connectivity index (χ3n) is 3.06. The van der Waals surface area contributed by atoms with Crippen LogP contribution in [0.4, 0.5) is 0 Å². The Hall–Kier alpha value is -1.93. The third-order valence-corrected chi connectivity index (χ3v) is 3.06. The molecular weight excluding hydrogens is 254 g/mol. The molecule has 8 nitrogen and oxygen atoms in total. The topological polar surface area (TPSA) is 127 Å². The van der Waals surface area contributed by atoms with Crippen LogP contribution in [0.5, 0.6) is 0 Å². The largest absolute Gasteiger partial charge is 0.390 e. The second kappa shape index (κ2) is 4.98. The number of hydrogen-bond acceptors (Lipinski definition) is 5. The number of nitrogens with one attached hydrogen (secondary N) is 1. The van der Waals surface area contributed by atoms with Gasteiger partial charge < -0.3 is 15.6 Å². The van der Waals surface area contributed by atoms with Crippen LogP contribution in [0.15, 0.2) is 15.8 Å². The number of amides is 1. The van der Waals surface area contributed by atoms with E-state index in [4.69, 9.17) is 10.5 Å². The van der Waals surface area contributed by atoms with Gasteiger partial charge in [-0.05, 0) is 6.92 Å². The zero-order chi connectivity index (χ0) is 14.2. The summed E-state index contributed by atoms with van der Waals surface area (Å²) in [6, 6.07) is 0. The van der Waals surface area contributed by atoms with Crippen LogP contribution in [0.3, 0.4) is 0 Å². The molecule has 0 radical (unpaired) electrons. The number of H-pyrrole nitrogens is 1. The van der Waals surface area contributed by atoms with E-state index in [0.29, 0.717) is 5.56 Å². The van der Waals surface area contributed by atoms with E-state index in [1.165, 1.54) is 10.8 Å². The lowest BCUT2D eigenvalue weighted by Crippen LogP contribution is -2.33. The van der Waals surface area contributed by atoms with Crippen LogP contribution in [0.1, 0.15) is 24.6 Å². The fourth-order valence-electron chi connectivity index (χ4n) is 2.07. The van der Waals surface area contributed by atoms with Gasteiger partial charge in [-0.3, -0.25) is 19.1 Å². The lowest BCUT2D eigenvalue weighted by Gasteiger charge is -2.15. The zero-order valence-electron chi connectivity index (χ0n) is 10.3. The Morgan fingerprint density at radius 1 is 1.63 bits per heavy atom. The van der Waals surface area contributed by atoms with Gasteiger partial charge in [-0.1, -0.05) is 0 Å². The molecule has 3 atom stereocenters. The Morgan fingerprint density at radius 3 is 2.95 bits per heavy atom. The highest BCUT2D eigenvalue weighted by Crippen LogP contribution is 2.29. The number of ether oxygens (including phenoxy) is 1. The van der Waals surface area contributed by atoms with Gasteiger partial charge in [-0.25, -0.2) is 4.79 Å². The minimum atomic E-state index is -0.878. The molecule has 0 bridgehead atoms. The number of carbonyl (C=O) groups is 1. The summed E-state index contributed by atoms with van der Waals surface area (Å²) in [5, 5.41) is 9.76. The van der Waals surface area contributed by atoms with Crippen LogP contribution in [0, 0.1) is 6.92 Å². The third kappa shape index (κ3) is 2.74. The van der Waals surface area contributed by atoms with E-state index in [-0.39, 0.29) is 12.8 Å². The van der Waals surface area contributed by atoms with E-state index in [9.17, 15) is 19.5 Å². The van der Waals surface area contributed by atoms with Crippen molar-refractivity contribution in [3.8, 4) is 0 Å². The summed E-state index contributed by atoms with van der Waals surface area (Å²) < 4.78 is 6.63. The SMILES string of the molecule is Cc1cn([C@H]2C[C@H](O)[C@@H](CC(N)=O)O2)c(=O)[nH]c1=O. The molecule has 4 N–H and O–H groups in total. The van der Waals surface area contributed by atoms with Crippen LogP contribution >= 0.6 is 0 Å². The van der Waals surface area contributed by atoms with Crippen molar-refractivity contribution in [2.24, 2.45) is 5.73 Å². The van der Waals surface area contributed by atoms with Crippen molar-refractivity contribution in [3.05, 3.63) is 32.6 Å². The molecule has 1 aliphatic heterocycles. The van der Waals surface area contributed by atoms with Crippen molar-refractivity contribution in [1.82, 2.24) is 9.55 Å². The normalized spacial score (nSPS) is 26.5. The summed E-state index contributed by atoms with van der Waals surface area (Å²) in [6.07, 6.45) is -0.927. The summed E-state index contributed by atoms with van der Waals surface area (Å²) in [5.41, 5.74) is 4.32. The molecule has 1 amide bonds. The molecule has 2 heterocycles. The Labute approximate surface area is 107 Å². The number of aryl methyl sites for hydroxylation is 1. The number of hydrogen-bond donors (Lipinski definition) is 3. The molecule has 0 spiro atoms. The highest BCUT2D eigenvalue weighted by Gasteiger charge is 2.36. The number of aromatic amines is 1. The van der Waals surface area contributed by atoms with Crippen molar-refractivity contribution in [1.29, 1.82) is 0 Å². The number of aliphatic hydroxyl groups excluding tert-OH is 1. The number of aromatic nitrogens is 2. The predicted octanol–water partition coefficient (Wildman–Crippen LogP) is -1.63. The van der Waals surface area contributed by atoms with Crippen molar-refractivity contribution in [2.45, 2.75) is 38.2 Å². The van der Waals surface area contributed by atoms with Gasteiger partial charge in [0.15, 0.2) is 0 Å². The minimum Gasteiger partial charge on any atom is -0.390 e. The molecule has 19 heavy (non-hydrogen) atoms. The van der Waals surface area contributed by atoms with Crippen LogP contribution in [0.2, 0.25) is 0 Å². The Balaban J connectivity index is 2.25. The van der Waals surface area contributed by atoms with Crippen molar-refractivity contribution >= 4 is 5.91 Å². The maximum absolute atomic E-state index is 11.7. The zero-order valence-corrected chi connectivity index (χ0v) is 10.3. The molecule has 0 aliphatic carbocycles. The van der Waals surface area contributed by atoms with Gasteiger partial charge >= 0.3 is 5.69 Å². The van der Waals surface area contributed by atoms with Crippen LogP contribution in [-0.2, 0) is 9.53 Å². The lowest BCUT2D eigenvalue weighted by molar-refractivity contribution is -0.122. The molecule has 1 aromatic heterocycles. The minimum absolute atomic E-state index is 0.116. The monoisotopic (exact) mass is 269 g/mol. The molecule has 1 aliphatic rings. The summed E-state index contributed by atoms with van der Waals surface area (Å²) in [6.45, 7) is 1.56. The molecule has 0 saturated carbocycles. The van der Waals surface area contributed by atoms with Crippen LogP contribution < -0.4 is 17.0 Å². The van der Waals surface area contributed by atoms with Gasteiger partial charge in [0.1, 0.15) is 6.23 Å². The Morgan fingerprint density at radius 2 is 2.32 bits per heavy atom. The maximum atomic E-state index is 11.7. The summed E-state index contributed by atoms with van der Waals surface area (Å²) in [7, 11) is 0. The van der Waals surface area contributed by atoms with Crippen LogP contribution in [0.25, 0.3) is 0 Å². The predicted molar refractivity (Wildman–Crippen MR) is 64.4 cm³/mol. The average Bonchev–Trinajstić information content (AvgIpc) is 2.64. The molecule has 1 fully saturated rings. The lowest BCUT2D eigenvalue weighted by atomic mass is 10.1. The standard InChI is InChI=1S/C11H15N3O5/c1-5-4-14(11(18)13-10(5)17)9-2-6(15)7(19-9)3-8(12)16/h4,6-7,9,15H,2-3H2,1H3,(H2,12,16)(H,13,17,18)/t6-,7+,9+/m0/s1. The Bertz CT molecular complexity index is 605. The number of aliphatic hydroxyl groups is 1. The first-order chi connectivity index (χ1) is 8.88. The van der Waals surface area contributed by atoms with Gasteiger partial charge in [0.25, 0.3) is 5.56 Å². The van der Waals surface area contributed by atoms with E-state index in [2.05, 4.69) is 4.98 Å². The number of rotatable bonds is 3. The molecule has 1 aromatic rings. The first-order valence-corrected chi connectivity index (χ1v) is 5.82. The highest BCUT2D eigenvalue weighted by atomic mass is 16.5. The summed E-state index contributed by atoms with van der Waals surface area (Å²) >= 11 is 0. The van der Waals surface area contributed by atoms with Crippen molar-refractivity contribution in [3.63, 3.8) is 0 Å². The number of carbonyl (C=O) groups excluding carboxylic acids is 1. The average molecular weight is 269 g/mol. The first-order valence-electron chi connectivity index (χ1n) is 5.82. The molecule has 0 unspecified atom stereocenters. The second-order valence-corrected chi connectivity index (χ2v) is 4.58. The summed E-state index contributed by atoms with van der Waals surface area (Å²) in [5.74, 6) is -0.588. The van der Waals surface area contributed by atoms with Gasteiger partial charge in [-0.2, -0.15) is 0 Å². The highest BCUT2D eigenvalue weighted by molar-refractivity contribution is 5.74. The Kier molecular flexibility index (Phi) is 3.54. The fourth-order valence-corrected chi connectivity index (χ4v) is 2.07. The van der Waals surface area contributed by atoms with Gasteiger partial charge in [-0.15, -0.1) is 0 Å². The van der Waals surface area contributed by atoms with E-state index in [1.807, 2.05) is 0 Å². The molecule has 8 heteroatoms. The second-order valence-electron chi connectivity index (χ2n) is 4.58. The molecule has 104 valence electrons. The smallest absolute Gasteiger partial charge is 0.330 e. The number of nitrogens with two attached hydrogens (primary N) is 1. The quantitative estimate of drug-likeness (QED) is 0.607. The van der Waals surface area contributed by atoms with E-state index in [0.717, 1.165) is 0 Å². The fraction of sp³-hybridized carbons (Fsp3) is 0.545. The van der Waals surface area contributed by atoms with Gasteiger partial charge in [0.05, 0.1) is 18.6 Å². The molecule has 2 rings (SSSR count). The van der Waals surface area contributed by atoms with Crippen molar-refractivity contribution in [2.75, 3.05) is 0 Å². The van der Waals surface area contributed by atoms with E-state index >= 15 is 0 Å². The van der Waals surface area contributed by atoms with Gasteiger partial charge in [0.2, 0.25) is 5.91 Å². The number of nitrogens with zero attached hydrogens (tertiary/aromatic N) is 1. The maximum Gasteiger partial charge on any atom is 0.330 e. The van der Waals surface area contributed by atoms with E-state index < -0.39 is 35.6 Å². The molecule has 0 aromatic carbocycles. The molecule has 1 saturated heterocycles. The van der Waals surface area contributed by atoms with E-state index in [1.54, 1.807) is 6.92 Å².